The zero-order valence-electron chi connectivity index (χ0n) is 16.7. The molecule has 5 rings (SSSR count). The summed E-state index contributed by atoms with van der Waals surface area (Å²) in [5, 5.41) is 10.5. The van der Waals surface area contributed by atoms with E-state index >= 15 is 4.39 Å². The van der Waals surface area contributed by atoms with Gasteiger partial charge in [-0.15, -0.1) is 0 Å². The van der Waals surface area contributed by atoms with E-state index in [0.29, 0.717) is 15.6 Å². The molecule has 1 aromatic heterocycles. The van der Waals surface area contributed by atoms with Gasteiger partial charge in [-0.25, -0.2) is 26.8 Å². The summed E-state index contributed by atoms with van der Waals surface area (Å²) in [5.41, 5.74) is 0.0705. The minimum atomic E-state index is -4.34. The van der Waals surface area contributed by atoms with E-state index in [1.807, 2.05) is 0 Å². The van der Waals surface area contributed by atoms with Crippen LogP contribution in [0.5, 0.6) is 5.75 Å². The SMILES string of the molecule is O=C1CN(c2c(O)cc3ccc(C4=CCN(S(=O)(=O)CC5CC5)C4)nc3c2F)S(=O)(=O)N1. The zero-order chi connectivity index (χ0) is 22.8. The summed E-state index contributed by atoms with van der Waals surface area (Å²) < 4.78 is 68.2. The summed E-state index contributed by atoms with van der Waals surface area (Å²) in [7, 11) is -7.73. The van der Waals surface area contributed by atoms with Gasteiger partial charge in [0.25, 0.3) is 5.91 Å². The average molecular weight is 483 g/mol. The molecule has 0 spiro atoms. The number of phenols is 1. The summed E-state index contributed by atoms with van der Waals surface area (Å²) in [4.78, 5) is 15.8. The van der Waals surface area contributed by atoms with Crippen molar-refractivity contribution in [3.8, 4) is 5.75 Å². The lowest BCUT2D eigenvalue weighted by atomic mass is 10.1. The number of fused-ring (bicyclic) bond motifs is 1. The van der Waals surface area contributed by atoms with Gasteiger partial charge in [-0.05, 0) is 36.5 Å². The number of nitrogens with one attached hydrogen (secondary N) is 1. The molecule has 1 saturated carbocycles. The number of carbonyl (C=O) groups excluding carboxylic acids is 1. The summed E-state index contributed by atoms with van der Waals surface area (Å²) >= 11 is 0. The normalized spacial score (nSPS) is 21.2. The number of hydrogen-bond acceptors (Lipinski definition) is 7. The van der Waals surface area contributed by atoms with Crippen LogP contribution in [0.4, 0.5) is 10.1 Å². The van der Waals surface area contributed by atoms with Crippen molar-refractivity contribution < 1.29 is 31.1 Å². The molecule has 3 heterocycles. The van der Waals surface area contributed by atoms with Crippen LogP contribution in [0.2, 0.25) is 0 Å². The van der Waals surface area contributed by atoms with Gasteiger partial charge in [0.2, 0.25) is 10.0 Å². The van der Waals surface area contributed by atoms with Crippen LogP contribution in [0.15, 0.2) is 24.3 Å². The number of sulfonamides is 1. The number of halogens is 1. The second kappa shape index (κ2) is 7.12. The van der Waals surface area contributed by atoms with Crippen LogP contribution in [0.1, 0.15) is 18.5 Å². The number of aromatic nitrogens is 1. The lowest BCUT2D eigenvalue weighted by Crippen LogP contribution is -2.31. The number of carbonyl (C=O) groups is 1. The van der Waals surface area contributed by atoms with E-state index in [1.54, 1.807) is 16.9 Å². The first-order valence-corrected chi connectivity index (χ1v) is 12.9. The Balaban J connectivity index is 1.50. The number of benzene rings is 1. The molecule has 2 fully saturated rings. The summed E-state index contributed by atoms with van der Waals surface area (Å²) in [5.74, 6) is -2.27. The Kier molecular flexibility index (Phi) is 4.69. The standard InChI is InChI=1S/C19H19FN4O6S2/c20-17-18-12(7-15(25)19(17)24-9-16(26)22-32(24,29)30)3-4-14(21-18)13-5-6-23(8-13)31(27,28)10-11-1-2-11/h3-5,7,11,25H,1-2,6,8-10H2,(H,22,26). The largest absolute Gasteiger partial charge is 0.506 e. The maximum Gasteiger partial charge on any atom is 0.326 e. The molecule has 0 atom stereocenters. The van der Waals surface area contributed by atoms with Crippen molar-refractivity contribution in [1.82, 2.24) is 14.0 Å². The first-order valence-electron chi connectivity index (χ1n) is 9.88. The molecule has 32 heavy (non-hydrogen) atoms. The number of rotatable bonds is 5. The van der Waals surface area contributed by atoms with Crippen LogP contribution in [0.3, 0.4) is 0 Å². The number of hydrogen-bond donors (Lipinski definition) is 2. The zero-order valence-corrected chi connectivity index (χ0v) is 18.3. The minimum absolute atomic E-state index is 0.110. The Hall–Kier alpha value is -2.77. The van der Waals surface area contributed by atoms with Crippen LogP contribution in [0.25, 0.3) is 16.5 Å². The molecule has 13 heteroatoms. The minimum Gasteiger partial charge on any atom is -0.506 e. The van der Waals surface area contributed by atoms with E-state index in [9.17, 15) is 26.7 Å². The third kappa shape index (κ3) is 3.59. The van der Waals surface area contributed by atoms with Gasteiger partial charge in [0.05, 0.1) is 11.4 Å². The Bertz CT molecular complexity index is 1400. The van der Waals surface area contributed by atoms with Gasteiger partial charge >= 0.3 is 10.2 Å². The van der Waals surface area contributed by atoms with Crippen molar-refractivity contribution in [3.63, 3.8) is 0 Å². The fourth-order valence-corrected chi connectivity index (χ4v) is 6.82. The maximum absolute atomic E-state index is 15.3. The smallest absolute Gasteiger partial charge is 0.326 e. The molecule has 1 aromatic carbocycles. The van der Waals surface area contributed by atoms with Gasteiger partial charge < -0.3 is 5.11 Å². The molecule has 2 N–H and O–H groups in total. The van der Waals surface area contributed by atoms with Gasteiger partial charge in [-0.1, -0.05) is 12.1 Å². The molecule has 0 radical (unpaired) electrons. The van der Waals surface area contributed by atoms with Crippen LogP contribution in [-0.4, -0.2) is 62.5 Å². The van der Waals surface area contributed by atoms with Crippen LogP contribution in [-0.2, 0) is 25.0 Å². The lowest BCUT2D eigenvalue weighted by Gasteiger charge is -2.18. The first kappa shape index (κ1) is 21.1. The number of amides is 1. The molecule has 1 aliphatic carbocycles. The molecule has 0 bridgehead atoms. The molecule has 3 aliphatic rings. The van der Waals surface area contributed by atoms with Crippen LogP contribution < -0.4 is 9.03 Å². The summed E-state index contributed by atoms with van der Waals surface area (Å²) in [6.07, 6.45) is 3.55. The molecule has 170 valence electrons. The monoisotopic (exact) mass is 482 g/mol. The van der Waals surface area contributed by atoms with Crippen LogP contribution in [0, 0.1) is 11.7 Å². The molecule has 1 amide bonds. The van der Waals surface area contributed by atoms with Gasteiger partial charge in [0.1, 0.15) is 23.5 Å². The third-order valence-corrected chi connectivity index (χ3v) is 9.04. The molecule has 2 aromatic rings. The molecule has 2 aliphatic heterocycles. The predicted molar refractivity (Wildman–Crippen MR) is 114 cm³/mol. The number of aromatic hydroxyl groups is 1. The highest BCUT2D eigenvalue weighted by atomic mass is 32.2. The maximum atomic E-state index is 15.3. The van der Waals surface area contributed by atoms with Crippen molar-refractivity contribution in [3.05, 3.63) is 35.8 Å². The molecular formula is C19H19FN4O6S2. The van der Waals surface area contributed by atoms with Gasteiger partial charge in [-0.3, -0.25) is 4.79 Å². The van der Waals surface area contributed by atoms with Crippen LogP contribution >= 0.6 is 0 Å². The number of pyridine rings is 1. The van der Waals surface area contributed by atoms with Crippen molar-refractivity contribution in [2.75, 3.05) is 29.7 Å². The summed E-state index contributed by atoms with van der Waals surface area (Å²) in [6.45, 7) is -0.358. The molecular weight excluding hydrogens is 463 g/mol. The molecule has 0 unspecified atom stereocenters. The quantitative estimate of drug-likeness (QED) is 0.640. The van der Waals surface area contributed by atoms with Gasteiger partial charge in [0, 0.05) is 18.5 Å². The highest BCUT2D eigenvalue weighted by Gasteiger charge is 2.38. The first-order chi connectivity index (χ1) is 15.0. The van der Waals surface area contributed by atoms with E-state index in [-0.39, 0.29) is 35.7 Å². The Morgan fingerprint density at radius 1 is 1.25 bits per heavy atom. The lowest BCUT2D eigenvalue weighted by molar-refractivity contribution is -0.117. The van der Waals surface area contributed by atoms with Gasteiger partial charge in [-0.2, -0.15) is 12.7 Å². The van der Waals surface area contributed by atoms with E-state index < -0.39 is 49.9 Å². The average Bonchev–Trinajstić information content (AvgIpc) is 3.26. The van der Waals surface area contributed by atoms with E-state index in [4.69, 9.17) is 0 Å². The highest BCUT2D eigenvalue weighted by Crippen LogP contribution is 2.38. The van der Waals surface area contributed by atoms with E-state index in [2.05, 4.69) is 4.98 Å². The third-order valence-electron chi connectivity index (χ3n) is 5.70. The Labute approximate surface area is 183 Å². The second-order valence-corrected chi connectivity index (χ2v) is 11.7. The predicted octanol–water partition coefficient (Wildman–Crippen LogP) is 0.699. The number of nitrogens with zero attached hydrogens (tertiary/aromatic N) is 3. The molecule has 1 saturated heterocycles. The topological polar surface area (TPSA) is 137 Å². The van der Waals surface area contributed by atoms with E-state index in [0.717, 1.165) is 18.9 Å². The fourth-order valence-electron chi connectivity index (χ4n) is 3.88. The van der Waals surface area contributed by atoms with Crippen molar-refractivity contribution in [2.24, 2.45) is 5.92 Å². The summed E-state index contributed by atoms with van der Waals surface area (Å²) in [6, 6.07) is 4.26. The molecule has 10 nitrogen and oxygen atoms in total. The number of anilines is 1. The van der Waals surface area contributed by atoms with Crippen molar-refractivity contribution in [2.45, 2.75) is 12.8 Å². The fraction of sp³-hybridized carbons (Fsp3) is 0.368. The number of phenolic OH excluding ortho intramolecular Hbond substituents is 1. The van der Waals surface area contributed by atoms with Crippen molar-refractivity contribution in [1.29, 1.82) is 0 Å². The Morgan fingerprint density at radius 3 is 2.66 bits per heavy atom. The highest BCUT2D eigenvalue weighted by molar-refractivity contribution is 7.92. The van der Waals surface area contributed by atoms with Crippen molar-refractivity contribution >= 4 is 48.3 Å². The van der Waals surface area contributed by atoms with E-state index in [1.165, 1.54) is 10.4 Å². The second-order valence-electron chi connectivity index (χ2n) is 8.11. The van der Waals surface area contributed by atoms with Gasteiger partial charge in [0.15, 0.2) is 5.82 Å². The Morgan fingerprint density at radius 2 is 2.00 bits per heavy atom.